The monoisotopic (exact) mass is 761 g/mol. The molecule has 15 heteroatoms. The summed E-state index contributed by atoms with van der Waals surface area (Å²) < 4.78 is 100. The molecule has 1 aliphatic carbocycles. The molecule has 4 N–H and O–H groups in total. The first-order chi connectivity index (χ1) is 25.3. The van der Waals surface area contributed by atoms with Crippen LogP contribution in [0.2, 0.25) is 0 Å². The molecule has 1 spiro atoms. The number of pyridine rings is 1. The van der Waals surface area contributed by atoms with E-state index in [9.17, 15) is 26.3 Å². The molecule has 4 aliphatic rings. The van der Waals surface area contributed by atoms with Crippen molar-refractivity contribution >= 4 is 22.4 Å². The normalized spacial score (nSPS) is 22.9. The van der Waals surface area contributed by atoms with Gasteiger partial charge in [-0.2, -0.15) is 13.2 Å². The van der Waals surface area contributed by atoms with Crippen LogP contribution in [-0.4, -0.2) is 78.1 Å². The summed E-state index contributed by atoms with van der Waals surface area (Å²) in [6.07, 6.45) is -0.595. The summed E-state index contributed by atoms with van der Waals surface area (Å²) in [7, 11) is 0.500. The van der Waals surface area contributed by atoms with Gasteiger partial charge in [0.25, 0.3) is 0 Å². The van der Waals surface area contributed by atoms with Gasteiger partial charge in [0.15, 0.2) is 5.82 Å². The molecule has 300 valence electrons. The third-order valence-electron chi connectivity index (χ3n) is 9.31. The average molecular weight is 762 g/mol. The van der Waals surface area contributed by atoms with Gasteiger partial charge in [0.1, 0.15) is 40.2 Å². The quantitative estimate of drug-likeness (QED) is 0.167. The fourth-order valence-electron chi connectivity index (χ4n) is 6.91. The van der Waals surface area contributed by atoms with E-state index < -0.39 is 58.2 Å². The highest BCUT2D eigenvalue weighted by Gasteiger charge is 2.61. The maximum absolute atomic E-state index is 15.8. The second kappa shape index (κ2) is 20.3. The Morgan fingerprint density at radius 1 is 0.925 bits per heavy atom. The van der Waals surface area contributed by atoms with E-state index in [2.05, 4.69) is 30.5 Å². The summed E-state index contributed by atoms with van der Waals surface area (Å²) in [4.78, 5) is 15.1. The Morgan fingerprint density at radius 3 is 2.15 bits per heavy atom. The third kappa shape index (κ3) is 10.4. The van der Waals surface area contributed by atoms with Crippen molar-refractivity contribution in [1.29, 1.82) is 0 Å². The van der Waals surface area contributed by atoms with Crippen molar-refractivity contribution in [1.82, 2.24) is 25.2 Å². The minimum Gasteiger partial charge on any atom is -0.474 e. The van der Waals surface area contributed by atoms with Gasteiger partial charge in [0.05, 0.1) is 24.5 Å². The lowest BCUT2D eigenvalue weighted by Crippen LogP contribution is -2.26. The lowest BCUT2D eigenvalue weighted by atomic mass is 9.96. The first kappa shape index (κ1) is 45.7. The number of nitrogens with zero attached hydrogens (tertiary/aromatic N) is 4. The number of nitrogen functional groups attached to an aromatic ring is 1. The molecule has 1 aromatic carbocycles. The first-order valence-corrected chi connectivity index (χ1v) is 18.7. The predicted octanol–water partition coefficient (Wildman–Crippen LogP) is 9.61. The fourth-order valence-corrected chi connectivity index (χ4v) is 6.91. The molecular weight excluding hydrogens is 703 g/mol. The summed E-state index contributed by atoms with van der Waals surface area (Å²) in [5, 5.41) is 6.41. The number of anilines is 2. The topological polar surface area (TPSA) is 101 Å². The number of benzene rings is 1. The summed E-state index contributed by atoms with van der Waals surface area (Å²) in [6, 6.07) is 1.50. The van der Waals surface area contributed by atoms with Gasteiger partial charge in [0, 0.05) is 36.7 Å². The van der Waals surface area contributed by atoms with Crippen molar-refractivity contribution in [2.45, 2.75) is 119 Å². The summed E-state index contributed by atoms with van der Waals surface area (Å²) in [6.45, 7) is 20.2. The maximum Gasteiger partial charge on any atom is 0.417 e. The maximum atomic E-state index is 15.8. The van der Waals surface area contributed by atoms with E-state index in [0.29, 0.717) is 33.2 Å². The third-order valence-corrected chi connectivity index (χ3v) is 9.31. The lowest BCUT2D eigenvalue weighted by Gasteiger charge is -2.21. The number of aromatic nitrogens is 3. The van der Waals surface area contributed by atoms with Crippen molar-refractivity contribution in [3.8, 4) is 17.1 Å². The van der Waals surface area contributed by atoms with Crippen molar-refractivity contribution in [2.75, 3.05) is 51.0 Å². The van der Waals surface area contributed by atoms with Gasteiger partial charge in [-0.25, -0.2) is 28.1 Å². The van der Waals surface area contributed by atoms with Crippen LogP contribution in [0.3, 0.4) is 0 Å². The van der Waals surface area contributed by atoms with Crippen molar-refractivity contribution in [3.05, 3.63) is 34.7 Å². The number of nitrogens with one attached hydrogen (secondary N) is 2. The molecule has 3 aliphatic heterocycles. The van der Waals surface area contributed by atoms with Gasteiger partial charge >= 0.3 is 6.18 Å². The molecule has 0 radical (unpaired) electrons. The number of ether oxygens (including phenoxy) is 1. The fraction of sp³-hybridized carbons (Fsp3) is 0.658. The zero-order valence-corrected chi connectivity index (χ0v) is 32.8. The van der Waals surface area contributed by atoms with Gasteiger partial charge in [-0.15, -0.1) is 0 Å². The number of nitrogens with two attached hydrogens (primary N) is 1. The molecule has 4 unspecified atom stereocenters. The Hall–Kier alpha value is -3.46. The van der Waals surface area contributed by atoms with E-state index in [0.717, 1.165) is 38.4 Å². The summed E-state index contributed by atoms with van der Waals surface area (Å²) >= 11 is 0. The highest BCUT2D eigenvalue weighted by atomic mass is 19.4. The van der Waals surface area contributed by atoms with Crippen molar-refractivity contribution < 1.29 is 35.5 Å². The number of hydrogen-bond donors (Lipinski definition) is 3. The molecule has 3 aromatic rings. The second-order valence-electron chi connectivity index (χ2n) is 12.6. The van der Waals surface area contributed by atoms with E-state index in [1.54, 1.807) is 6.92 Å². The zero-order chi connectivity index (χ0) is 40.3. The molecule has 0 amide bonds. The van der Waals surface area contributed by atoms with Crippen LogP contribution >= 0.6 is 0 Å². The molecular formula is C38H58F7N7O. The van der Waals surface area contributed by atoms with Crippen molar-refractivity contribution in [2.24, 2.45) is 5.41 Å². The molecule has 8 nitrogen and oxygen atoms in total. The van der Waals surface area contributed by atoms with Crippen LogP contribution in [0.1, 0.15) is 97.5 Å². The van der Waals surface area contributed by atoms with Gasteiger partial charge in [0.2, 0.25) is 5.88 Å². The van der Waals surface area contributed by atoms with Crippen LogP contribution < -0.4 is 21.1 Å². The van der Waals surface area contributed by atoms with Crippen LogP contribution in [-0.2, 0) is 6.18 Å². The van der Waals surface area contributed by atoms with Crippen molar-refractivity contribution in [3.63, 3.8) is 0 Å². The Bertz CT molecular complexity index is 1610. The van der Waals surface area contributed by atoms with Gasteiger partial charge < -0.3 is 21.1 Å². The average Bonchev–Trinajstić information content (AvgIpc) is 3.37. The summed E-state index contributed by atoms with van der Waals surface area (Å²) in [5.74, 6) is -2.03. The number of fused-ring (bicyclic) bond motifs is 1. The largest absolute Gasteiger partial charge is 0.474 e. The Morgan fingerprint density at radius 2 is 1.57 bits per heavy atom. The van der Waals surface area contributed by atoms with E-state index in [1.165, 1.54) is 26.3 Å². The molecule has 2 aromatic heterocycles. The SMILES string of the molecule is CC.CC.CC.CF.Cc1nc2c3c(nc(-c4cc(N)c(F)c(C)c4C(F)(F)F)c(F)c3n1)OC(C)CCNCCN2.FC1CC12CC1CCCN1C2. The molecule has 53 heavy (non-hydrogen) atoms. The number of hydrogen-bond acceptors (Lipinski definition) is 8. The molecule has 5 heterocycles. The van der Waals surface area contributed by atoms with Crippen LogP contribution in [0.25, 0.3) is 22.2 Å². The molecule has 0 bridgehead atoms. The van der Waals surface area contributed by atoms with E-state index >= 15 is 4.39 Å². The number of alkyl halides is 5. The Kier molecular flexibility index (Phi) is 17.5. The van der Waals surface area contributed by atoms with Gasteiger partial charge in [-0.3, -0.25) is 9.29 Å². The highest BCUT2D eigenvalue weighted by molar-refractivity contribution is 5.96. The highest BCUT2D eigenvalue weighted by Crippen LogP contribution is 2.58. The molecule has 4 atom stereocenters. The number of halogens is 7. The zero-order valence-electron chi connectivity index (χ0n) is 32.8. The molecule has 3 fully saturated rings. The molecule has 7 rings (SSSR count). The van der Waals surface area contributed by atoms with Gasteiger partial charge in [-0.05, 0) is 77.6 Å². The lowest BCUT2D eigenvalue weighted by molar-refractivity contribution is -0.137. The Labute approximate surface area is 309 Å². The van der Waals surface area contributed by atoms with Crippen LogP contribution in [0.15, 0.2) is 6.07 Å². The first-order valence-electron chi connectivity index (χ1n) is 18.7. The smallest absolute Gasteiger partial charge is 0.417 e. The van der Waals surface area contributed by atoms with E-state index in [-0.39, 0.29) is 33.8 Å². The standard InChI is InChI=1S/C22H23F5N6O.C9H14FN.3C2H6.CH3F/c1-9-4-5-29-6-7-30-20-14-19(31-11(3)32-20)17(24)18(33-21(14)34-9)12-8-13(28)16(23)10(2)15(12)22(25,26)27;10-8-5-9(8)4-7-2-1-3-11(7)6-9;4*1-2/h8-9,29H,4-7,28H2,1-3H3,(H,30,31,32);7-8H,1-6H2;3*1-2H3;1H3. The van der Waals surface area contributed by atoms with Crippen LogP contribution in [0, 0.1) is 30.9 Å². The minimum absolute atomic E-state index is 0.112. The minimum atomic E-state index is -5.00. The Balaban J connectivity index is 0.000000420. The second-order valence-corrected chi connectivity index (χ2v) is 12.6. The molecule has 1 saturated carbocycles. The van der Waals surface area contributed by atoms with E-state index in [1.807, 2.05) is 41.5 Å². The number of aryl methyl sites for hydroxylation is 1. The number of rotatable bonds is 1. The van der Waals surface area contributed by atoms with Gasteiger partial charge in [-0.1, -0.05) is 41.5 Å². The predicted molar refractivity (Wildman–Crippen MR) is 200 cm³/mol. The van der Waals surface area contributed by atoms with E-state index in [4.69, 9.17) is 10.5 Å². The summed E-state index contributed by atoms with van der Waals surface area (Å²) in [5.41, 5.74) is 1.46. The van der Waals surface area contributed by atoms with Crippen LogP contribution in [0.5, 0.6) is 5.88 Å². The molecule has 2 saturated heterocycles. The van der Waals surface area contributed by atoms with Crippen LogP contribution in [0.4, 0.5) is 42.2 Å².